The van der Waals surface area contributed by atoms with Crippen LogP contribution < -0.4 is 16.2 Å². The van der Waals surface area contributed by atoms with Crippen LogP contribution in [-0.4, -0.2) is 30.7 Å². The minimum Gasteiger partial charge on any atom is -0.356 e. The molecule has 5 nitrogen and oxygen atoms in total. The van der Waals surface area contributed by atoms with Crippen molar-refractivity contribution in [3.05, 3.63) is 34.2 Å². The molecule has 0 aromatic carbocycles. The van der Waals surface area contributed by atoms with E-state index in [0.717, 1.165) is 50.0 Å². The molecular formula is C21H37IN4O. The van der Waals surface area contributed by atoms with E-state index in [9.17, 15) is 4.79 Å². The van der Waals surface area contributed by atoms with Crippen LogP contribution in [0.25, 0.3) is 0 Å². The van der Waals surface area contributed by atoms with Crippen LogP contribution in [0.5, 0.6) is 0 Å². The molecule has 1 aliphatic rings. The Morgan fingerprint density at radius 2 is 1.78 bits per heavy atom. The second kappa shape index (κ2) is 14.0. The first kappa shape index (κ1) is 24.0. The van der Waals surface area contributed by atoms with Gasteiger partial charge in [0.05, 0.1) is 0 Å². The smallest absolute Gasteiger partial charge is 0.250 e. The molecule has 0 spiro atoms. The molecule has 1 heterocycles. The molecule has 0 aliphatic heterocycles. The molecule has 1 aromatic rings. The molecule has 1 saturated carbocycles. The second-order valence-corrected chi connectivity index (χ2v) is 7.44. The molecule has 0 unspecified atom stereocenters. The normalized spacial score (nSPS) is 14.8. The number of nitrogens with zero attached hydrogens (tertiary/aromatic N) is 2. The molecule has 0 radical (unpaired) electrons. The summed E-state index contributed by atoms with van der Waals surface area (Å²) in [7, 11) is 1.82. The third-order valence-electron chi connectivity index (χ3n) is 5.40. The van der Waals surface area contributed by atoms with E-state index in [1.54, 1.807) is 6.07 Å². The molecular weight excluding hydrogens is 451 g/mol. The van der Waals surface area contributed by atoms with E-state index in [2.05, 4.69) is 15.6 Å². The highest BCUT2D eigenvalue weighted by molar-refractivity contribution is 14.0. The third kappa shape index (κ3) is 9.12. The van der Waals surface area contributed by atoms with Crippen molar-refractivity contribution in [1.82, 2.24) is 15.2 Å². The molecule has 1 fully saturated rings. The van der Waals surface area contributed by atoms with E-state index in [1.165, 1.54) is 44.9 Å². The number of hydrogen-bond donors (Lipinski definition) is 2. The lowest BCUT2D eigenvalue weighted by Gasteiger charge is -2.13. The molecule has 1 aliphatic carbocycles. The maximum Gasteiger partial charge on any atom is 0.250 e. The van der Waals surface area contributed by atoms with Crippen LogP contribution >= 0.6 is 24.0 Å². The summed E-state index contributed by atoms with van der Waals surface area (Å²) in [5, 5.41) is 6.77. The maximum atomic E-state index is 11.8. The van der Waals surface area contributed by atoms with E-state index >= 15 is 0 Å². The number of pyridine rings is 1. The molecule has 6 heteroatoms. The number of aryl methyl sites for hydroxylation is 1. The first-order valence-corrected chi connectivity index (χ1v) is 10.3. The lowest BCUT2D eigenvalue weighted by atomic mass is 10.0. The van der Waals surface area contributed by atoms with E-state index in [0.29, 0.717) is 0 Å². The van der Waals surface area contributed by atoms with Gasteiger partial charge < -0.3 is 15.2 Å². The van der Waals surface area contributed by atoms with Crippen molar-refractivity contribution >= 4 is 29.9 Å². The number of aliphatic imine (C=N–C) groups is 1. The molecule has 27 heavy (non-hydrogen) atoms. The average molecular weight is 488 g/mol. The zero-order valence-corrected chi connectivity index (χ0v) is 19.3. The summed E-state index contributed by atoms with van der Waals surface area (Å²) in [5.74, 6) is 1.88. The van der Waals surface area contributed by atoms with Crippen molar-refractivity contribution in [2.24, 2.45) is 10.9 Å². The fraction of sp³-hybridized carbons (Fsp3) is 0.714. The van der Waals surface area contributed by atoms with E-state index < -0.39 is 0 Å². The Hall–Kier alpha value is -1.05. The zero-order chi connectivity index (χ0) is 18.6. The molecule has 1 aromatic heterocycles. The SMILES string of the molecule is CN=C(NCCCCC1CCCC1)NCCCCn1c(C)cccc1=O.I. The van der Waals surface area contributed by atoms with Crippen LogP contribution in [0.3, 0.4) is 0 Å². The molecule has 2 N–H and O–H groups in total. The number of rotatable bonds is 10. The van der Waals surface area contributed by atoms with Gasteiger partial charge in [-0.05, 0) is 38.2 Å². The van der Waals surface area contributed by atoms with Gasteiger partial charge in [-0.2, -0.15) is 0 Å². The number of halogens is 1. The number of nitrogens with one attached hydrogen (secondary N) is 2. The van der Waals surface area contributed by atoms with Crippen molar-refractivity contribution in [1.29, 1.82) is 0 Å². The van der Waals surface area contributed by atoms with Gasteiger partial charge in [-0.1, -0.05) is 44.6 Å². The quantitative estimate of drug-likeness (QED) is 0.226. The van der Waals surface area contributed by atoms with Crippen LogP contribution in [0.2, 0.25) is 0 Å². The Morgan fingerprint density at radius 3 is 2.41 bits per heavy atom. The first-order chi connectivity index (χ1) is 12.7. The lowest BCUT2D eigenvalue weighted by molar-refractivity contribution is 0.472. The van der Waals surface area contributed by atoms with Gasteiger partial charge in [-0.25, -0.2) is 0 Å². The van der Waals surface area contributed by atoms with Crippen molar-refractivity contribution in [2.45, 2.75) is 71.3 Å². The summed E-state index contributed by atoms with van der Waals surface area (Å²) in [6, 6.07) is 5.43. The third-order valence-corrected chi connectivity index (χ3v) is 5.40. The van der Waals surface area contributed by atoms with Gasteiger partial charge in [0.15, 0.2) is 5.96 Å². The highest BCUT2D eigenvalue weighted by Gasteiger charge is 2.13. The van der Waals surface area contributed by atoms with Crippen LogP contribution in [0, 0.1) is 12.8 Å². The summed E-state index contributed by atoms with van der Waals surface area (Å²) in [4.78, 5) is 16.1. The first-order valence-electron chi connectivity index (χ1n) is 10.3. The summed E-state index contributed by atoms with van der Waals surface area (Å²) in [6.45, 7) is 4.63. The monoisotopic (exact) mass is 488 g/mol. The van der Waals surface area contributed by atoms with Crippen molar-refractivity contribution in [3.63, 3.8) is 0 Å². The van der Waals surface area contributed by atoms with Gasteiger partial charge >= 0.3 is 0 Å². The Morgan fingerprint density at radius 1 is 1.11 bits per heavy atom. The zero-order valence-electron chi connectivity index (χ0n) is 17.0. The molecule has 154 valence electrons. The van der Waals surface area contributed by atoms with Crippen LogP contribution in [0.4, 0.5) is 0 Å². The summed E-state index contributed by atoms with van der Waals surface area (Å²) >= 11 is 0. The van der Waals surface area contributed by atoms with Crippen LogP contribution in [0.15, 0.2) is 28.0 Å². The van der Waals surface area contributed by atoms with Gasteiger partial charge in [0.2, 0.25) is 0 Å². The van der Waals surface area contributed by atoms with Gasteiger partial charge in [0.1, 0.15) is 0 Å². The van der Waals surface area contributed by atoms with Crippen molar-refractivity contribution in [2.75, 3.05) is 20.1 Å². The minimum absolute atomic E-state index is 0. The van der Waals surface area contributed by atoms with Gasteiger partial charge in [-0.3, -0.25) is 9.79 Å². The number of hydrogen-bond acceptors (Lipinski definition) is 2. The van der Waals surface area contributed by atoms with Gasteiger partial charge in [0.25, 0.3) is 5.56 Å². The van der Waals surface area contributed by atoms with E-state index in [-0.39, 0.29) is 29.5 Å². The number of unbranched alkanes of at least 4 members (excludes halogenated alkanes) is 2. The van der Waals surface area contributed by atoms with Crippen LogP contribution in [-0.2, 0) is 6.54 Å². The Balaban J connectivity index is 0.00000364. The predicted octanol–water partition coefficient (Wildman–Crippen LogP) is 4.08. The Labute approximate surface area is 181 Å². The minimum atomic E-state index is 0. The largest absolute Gasteiger partial charge is 0.356 e. The summed E-state index contributed by atoms with van der Waals surface area (Å²) < 4.78 is 1.84. The molecule has 2 rings (SSSR count). The fourth-order valence-electron chi connectivity index (χ4n) is 3.80. The molecule has 0 atom stereocenters. The Bertz CT molecular complexity index is 608. The number of guanidine groups is 1. The molecule has 0 bridgehead atoms. The van der Waals surface area contributed by atoms with Crippen LogP contribution in [0.1, 0.15) is 63.5 Å². The van der Waals surface area contributed by atoms with Crippen molar-refractivity contribution in [3.8, 4) is 0 Å². The standard InChI is InChI=1S/C21H36N4O.HI/c1-18-10-9-14-20(26)25(18)17-8-7-16-24-21(22-2)23-15-6-5-13-19-11-3-4-12-19;/h9-10,14,19H,3-8,11-13,15-17H2,1-2H3,(H2,22,23,24);1H. The lowest BCUT2D eigenvalue weighted by Crippen LogP contribution is -2.38. The van der Waals surface area contributed by atoms with E-state index in [4.69, 9.17) is 0 Å². The maximum absolute atomic E-state index is 11.8. The molecule has 0 amide bonds. The van der Waals surface area contributed by atoms with Gasteiger partial charge in [-0.15, -0.1) is 24.0 Å². The number of aromatic nitrogens is 1. The Kier molecular flexibility index (Phi) is 12.5. The highest BCUT2D eigenvalue weighted by atomic mass is 127. The van der Waals surface area contributed by atoms with Gasteiger partial charge in [0, 0.05) is 38.4 Å². The predicted molar refractivity (Wildman–Crippen MR) is 125 cm³/mol. The molecule has 0 saturated heterocycles. The average Bonchev–Trinajstić information content (AvgIpc) is 3.15. The fourth-order valence-corrected chi connectivity index (χ4v) is 3.80. The second-order valence-electron chi connectivity index (χ2n) is 7.44. The van der Waals surface area contributed by atoms with Crippen molar-refractivity contribution < 1.29 is 0 Å². The summed E-state index contributed by atoms with van der Waals surface area (Å²) in [5.41, 5.74) is 1.12. The summed E-state index contributed by atoms with van der Waals surface area (Å²) in [6.07, 6.45) is 11.7. The van der Waals surface area contributed by atoms with E-state index in [1.807, 2.05) is 30.7 Å². The highest BCUT2D eigenvalue weighted by Crippen LogP contribution is 2.28. The topological polar surface area (TPSA) is 58.4 Å².